The molecule has 1 amide bonds. The summed E-state index contributed by atoms with van der Waals surface area (Å²) in [5.74, 6) is 0.746. The first-order valence-corrected chi connectivity index (χ1v) is 9.36. The van der Waals surface area contributed by atoms with E-state index in [1.54, 1.807) is 24.3 Å². The van der Waals surface area contributed by atoms with Gasteiger partial charge in [0.1, 0.15) is 11.9 Å². The summed E-state index contributed by atoms with van der Waals surface area (Å²) in [5.41, 5.74) is 4.30. The number of aryl methyl sites for hydroxylation is 1. The molecule has 142 valence electrons. The number of fused-ring (bicyclic) bond motifs is 1. The number of anilines is 1. The van der Waals surface area contributed by atoms with E-state index in [-0.39, 0.29) is 12.1 Å². The molecule has 1 aromatic heterocycles. The van der Waals surface area contributed by atoms with Gasteiger partial charge >= 0.3 is 0 Å². The fraction of sp³-hybridized carbons (Fsp3) is 0.182. The lowest BCUT2D eigenvalue weighted by atomic mass is 10.1. The average molecular weight is 394 g/mol. The molecule has 0 bridgehead atoms. The maximum Gasteiger partial charge on any atom is 0.258 e. The van der Waals surface area contributed by atoms with E-state index in [0.717, 1.165) is 28.3 Å². The molecule has 28 heavy (non-hydrogen) atoms. The molecule has 0 aliphatic carbocycles. The van der Waals surface area contributed by atoms with Gasteiger partial charge in [0.25, 0.3) is 5.91 Å². The Bertz CT molecular complexity index is 1020. The first kappa shape index (κ1) is 18.3. The smallest absolute Gasteiger partial charge is 0.258 e. The van der Waals surface area contributed by atoms with Gasteiger partial charge in [-0.25, -0.2) is 0 Å². The van der Waals surface area contributed by atoms with E-state index < -0.39 is 0 Å². The molecule has 0 saturated carbocycles. The molecule has 6 heteroatoms. The van der Waals surface area contributed by atoms with E-state index in [0.29, 0.717) is 17.1 Å². The van der Waals surface area contributed by atoms with Crippen LogP contribution >= 0.6 is 11.6 Å². The maximum absolute atomic E-state index is 13.1. The lowest BCUT2D eigenvalue weighted by molar-refractivity contribution is 0.0727. The number of rotatable bonds is 5. The van der Waals surface area contributed by atoms with Gasteiger partial charge < -0.3 is 15.0 Å². The molecule has 0 fully saturated rings. The van der Waals surface area contributed by atoms with Crippen molar-refractivity contribution in [1.29, 1.82) is 0 Å². The highest BCUT2D eigenvalue weighted by Gasteiger charge is 2.38. The highest BCUT2D eigenvalue weighted by molar-refractivity contribution is 6.30. The fourth-order valence-electron chi connectivity index (χ4n) is 3.41. The summed E-state index contributed by atoms with van der Waals surface area (Å²) in [6.07, 6.45) is 1.36. The number of amides is 1. The van der Waals surface area contributed by atoms with Crippen LogP contribution in [-0.2, 0) is 6.54 Å². The standard InChI is InChI=1S/C22H20ClN3O2/c1-14-12-16(23)7-10-19(14)25-21-20-18(4-3-11-24-20)22(27)26(21)13-15-5-8-17(28-2)9-6-15/h3-12,21,25H,13H2,1-2H3/t21-/m0/s1. The Kier molecular flexibility index (Phi) is 4.92. The number of halogens is 1. The maximum atomic E-state index is 13.1. The number of carbonyl (C=O) groups is 1. The predicted octanol–water partition coefficient (Wildman–Crippen LogP) is 4.82. The molecule has 1 aliphatic heterocycles. The number of hydrogen-bond acceptors (Lipinski definition) is 4. The molecule has 0 radical (unpaired) electrons. The van der Waals surface area contributed by atoms with E-state index in [4.69, 9.17) is 16.3 Å². The Labute approximate surface area is 168 Å². The minimum Gasteiger partial charge on any atom is -0.497 e. The number of aromatic nitrogens is 1. The quantitative estimate of drug-likeness (QED) is 0.675. The normalized spacial score (nSPS) is 15.5. The second-order valence-corrected chi connectivity index (χ2v) is 7.16. The second kappa shape index (κ2) is 7.52. The van der Waals surface area contributed by atoms with Crippen molar-refractivity contribution in [2.75, 3.05) is 12.4 Å². The van der Waals surface area contributed by atoms with Crippen LogP contribution in [0.15, 0.2) is 60.8 Å². The van der Waals surface area contributed by atoms with Crippen LogP contribution in [0.4, 0.5) is 5.69 Å². The number of methoxy groups -OCH3 is 1. The van der Waals surface area contributed by atoms with E-state index in [9.17, 15) is 4.79 Å². The molecule has 4 rings (SSSR count). The number of nitrogens with zero attached hydrogens (tertiary/aromatic N) is 2. The number of ether oxygens (including phenoxy) is 1. The van der Waals surface area contributed by atoms with Crippen LogP contribution in [0.3, 0.4) is 0 Å². The molecule has 2 heterocycles. The van der Waals surface area contributed by atoms with Crippen LogP contribution in [0.1, 0.15) is 33.3 Å². The van der Waals surface area contributed by atoms with Crippen molar-refractivity contribution in [3.63, 3.8) is 0 Å². The van der Waals surface area contributed by atoms with Gasteiger partial charge in [0, 0.05) is 23.5 Å². The van der Waals surface area contributed by atoms with Crippen LogP contribution in [0, 0.1) is 6.92 Å². The summed E-state index contributed by atoms with van der Waals surface area (Å²) in [7, 11) is 1.63. The zero-order chi connectivity index (χ0) is 19.7. The molecular formula is C22H20ClN3O2. The summed E-state index contributed by atoms with van der Waals surface area (Å²) >= 11 is 6.08. The molecule has 5 nitrogen and oxygen atoms in total. The van der Waals surface area contributed by atoms with Crippen molar-refractivity contribution in [2.45, 2.75) is 19.6 Å². The number of pyridine rings is 1. The Hall–Kier alpha value is -3.05. The van der Waals surface area contributed by atoms with Gasteiger partial charge in [-0.15, -0.1) is 0 Å². The lowest BCUT2D eigenvalue weighted by Crippen LogP contribution is -2.32. The Balaban J connectivity index is 1.67. The Morgan fingerprint density at radius 3 is 2.68 bits per heavy atom. The molecule has 1 atom stereocenters. The van der Waals surface area contributed by atoms with Crippen LogP contribution in [0.25, 0.3) is 0 Å². The molecule has 0 unspecified atom stereocenters. The van der Waals surface area contributed by atoms with Crippen LogP contribution in [0.2, 0.25) is 5.02 Å². The number of hydrogen-bond donors (Lipinski definition) is 1. The van der Waals surface area contributed by atoms with Crippen LogP contribution < -0.4 is 10.1 Å². The number of benzene rings is 2. The molecule has 2 aromatic carbocycles. The SMILES string of the molecule is COc1ccc(CN2C(=O)c3cccnc3[C@H]2Nc2ccc(Cl)cc2C)cc1. The van der Waals surface area contributed by atoms with Crippen molar-refractivity contribution in [3.8, 4) is 5.75 Å². The molecule has 3 aromatic rings. The largest absolute Gasteiger partial charge is 0.497 e. The minimum atomic E-state index is -0.356. The number of carbonyl (C=O) groups excluding carboxylic acids is 1. The highest BCUT2D eigenvalue weighted by Crippen LogP contribution is 2.35. The molecule has 1 aliphatic rings. The van der Waals surface area contributed by atoms with Crippen molar-refractivity contribution in [2.24, 2.45) is 0 Å². The van der Waals surface area contributed by atoms with Gasteiger partial charge in [-0.2, -0.15) is 0 Å². The first-order valence-electron chi connectivity index (χ1n) is 8.98. The predicted molar refractivity (Wildman–Crippen MR) is 110 cm³/mol. The molecule has 0 saturated heterocycles. The van der Waals surface area contributed by atoms with Gasteiger partial charge in [-0.3, -0.25) is 9.78 Å². The van der Waals surface area contributed by atoms with Gasteiger partial charge in [0.15, 0.2) is 0 Å². The zero-order valence-electron chi connectivity index (χ0n) is 15.6. The summed E-state index contributed by atoms with van der Waals surface area (Å²) in [5, 5.41) is 4.15. The Morgan fingerprint density at radius 1 is 1.18 bits per heavy atom. The summed E-state index contributed by atoms with van der Waals surface area (Å²) in [6, 6.07) is 17.0. The van der Waals surface area contributed by atoms with Crippen molar-refractivity contribution >= 4 is 23.2 Å². The van der Waals surface area contributed by atoms with Crippen LogP contribution in [0.5, 0.6) is 5.75 Å². The average Bonchev–Trinajstić information content (AvgIpc) is 2.96. The van der Waals surface area contributed by atoms with E-state index in [1.165, 1.54) is 0 Å². The second-order valence-electron chi connectivity index (χ2n) is 6.72. The van der Waals surface area contributed by atoms with Gasteiger partial charge in [-0.1, -0.05) is 23.7 Å². The molecule has 0 spiro atoms. The summed E-state index contributed by atoms with van der Waals surface area (Å²) in [4.78, 5) is 19.3. The topological polar surface area (TPSA) is 54.5 Å². The van der Waals surface area contributed by atoms with E-state index in [2.05, 4.69) is 10.3 Å². The third-order valence-corrected chi connectivity index (χ3v) is 5.13. The van der Waals surface area contributed by atoms with E-state index in [1.807, 2.05) is 55.5 Å². The fourth-order valence-corrected chi connectivity index (χ4v) is 3.64. The third kappa shape index (κ3) is 3.41. The van der Waals surface area contributed by atoms with Gasteiger partial charge in [0.05, 0.1) is 18.4 Å². The Morgan fingerprint density at radius 2 is 1.96 bits per heavy atom. The summed E-state index contributed by atoms with van der Waals surface area (Å²) in [6.45, 7) is 2.45. The molecule has 1 N–H and O–H groups in total. The van der Waals surface area contributed by atoms with Crippen molar-refractivity contribution in [1.82, 2.24) is 9.88 Å². The van der Waals surface area contributed by atoms with Crippen molar-refractivity contribution in [3.05, 3.63) is 88.2 Å². The third-order valence-electron chi connectivity index (χ3n) is 4.89. The highest BCUT2D eigenvalue weighted by atomic mass is 35.5. The zero-order valence-corrected chi connectivity index (χ0v) is 16.4. The van der Waals surface area contributed by atoms with Crippen molar-refractivity contribution < 1.29 is 9.53 Å². The van der Waals surface area contributed by atoms with Gasteiger partial charge in [-0.05, 0) is 60.5 Å². The number of nitrogens with one attached hydrogen (secondary N) is 1. The first-order chi connectivity index (χ1) is 13.6. The lowest BCUT2D eigenvalue weighted by Gasteiger charge is -2.27. The summed E-state index contributed by atoms with van der Waals surface area (Å²) < 4.78 is 5.22. The monoisotopic (exact) mass is 393 g/mol. The molecular weight excluding hydrogens is 374 g/mol. The van der Waals surface area contributed by atoms with Gasteiger partial charge in [0.2, 0.25) is 0 Å². The minimum absolute atomic E-state index is 0.0389. The van der Waals surface area contributed by atoms with Crippen LogP contribution in [-0.4, -0.2) is 22.9 Å². The van der Waals surface area contributed by atoms with E-state index >= 15 is 0 Å².